The second-order valence-corrected chi connectivity index (χ2v) is 11.0. The van der Waals surface area contributed by atoms with Crippen LogP contribution in [0.5, 0.6) is 0 Å². The summed E-state index contributed by atoms with van der Waals surface area (Å²) in [5.41, 5.74) is 9.43. The van der Waals surface area contributed by atoms with Crippen molar-refractivity contribution in [3.8, 4) is 0 Å². The maximum atomic E-state index is 11.6. The number of aliphatic hydroxyl groups excluding tert-OH is 2. The molecule has 0 spiro atoms. The smallest absolute Gasteiger partial charge is 0.390 e. The summed E-state index contributed by atoms with van der Waals surface area (Å²) in [6, 6.07) is 2.80. The summed E-state index contributed by atoms with van der Waals surface area (Å²) in [7, 11) is -9.28. The lowest BCUT2D eigenvalue weighted by atomic mass is 10.2. The van der Waals surface area contributed by atoms with Crippen LogP contribution in [0.25, 0.3) is 0 Å². The summed E-state index contributed by atoms with van der Waals surface area (Å²) < 4.78 is 42.7. The Morgan fingerprint density at radius 1 is 0.800 bits per heavy atom. The normalized spacial score (nSPS) is 26.9. The standard InChI is InChI=1S/2C9H14N3O7P/c2*10-7-1-2-12(9(14)11-7)8-3-5(13)6(19-8)4-18-20(15,16)17/h2*1-2,5-6,8,13H,3-4H2,(H2,10,11,14)(H2,15,16,17)/t2*5-,6+,8+/m00/s1. The lowest BCUT2D eigenvalue weighted by Crippen LogP contribution is -2.28. The molecule has 2 fully saturated rings. The molecule has 20 nitrogen and oxygen atoms in total. The van der Waals surface area contributed by atoms with Crippen molar-refractivity contribution in [2.75, 3.05) is 24.7 Å². The van der Waals surface area contributed by atoms with Gasteiger partial charge in [-0.15, -0.1) is 0 Å². The van der Waals surface area contributed by atoms with Gasteiger partial charge in [-0.25, -0.2) is 18.7 Å². The lowest BCUT2D eigenvalue weighted by Gasteiger charge is -2.16. The van der Waals surface area contributed by atoms with Gasteiger partial charge in [0, 0.05) is 25.2 Å². The van der Waals surface area contributed by atoms with E-state index in [0.717, 1.165) is 9.13 Å². The number of rotatable bonds is 8. The summed E-state index contributed by atoms with van der Waals surface area (Å²) in [6.45, 7) is -0.974. The predicted octanol–water partition coefficient (Wildman–Crippen LogP) is -2.83. The minimum Gasteiger partial charge on any atom is -0.390 e. The Labute approximate surface area is 224 Å². The number of phosphoric acid groups is 2. The Hall–Kier alpha value is -2.58. The average Bonchev–Trinajstić information content (AvgIpc) is 3.37. The number of hydrogen-bond acceptors (Lipinski definition) is 14. The van der Waals surface area contributed by atoms with E-state index in [4.69, 9.17) is 40.5 Å². The van der Waals surface area contributed by atoms with Crippen molar-refractivity contribution in [3.05, 3.63) is 45.5 Å². The third-order valence-electron chi connectivity index (χ3n) is 5.55. The van der Waals surface area contributed by atoms with E-state index in [1.807, 2.05) is 0 Å². The molecule has 0 aromatic carbocycles. The molecular weight excluding hydrogens is 586 g/mol. The molecule has 40 heavy (non-hydrogen) atoms. The van der Waals surface area contributed by atoms with Crippen molar-refractivity contribution in [2.45, 2.75) is 49.7 Å². The molecule has 2 aromatic heterocycles. The first-order chi connectivity index (χ1) is 18.5. The van der Waals surface area contributed by atoms with Crippen LogP contribution in [0.3, 0.4) is 0 Å². The largest absolute Gasteiger partial charge is 0.469 e. The van der Waals surface area contributed by atoms with Gasteiger partial charge >= 0.3 is 27.0 Å². The molecule has 224 valence electrons. The van der Waals surface area contributed by atoms with Gasteiger partial charge in [0.05, 0.1) is 25.4 Å². The highest BCUT2D eigenvalue weighted by Crippen LogP contribution is 2.39. The quantitative estimate of drug-likeness (QED) is 0.139. The molecule has 10 N–H and O–H groups in total. The molecule has 2 aliphatic heterocycles. The van der Waals surface area contributed by atoms with Gasteiger partial charge in [-0.2, -0.15) is 9.97 Å². The number of nitrogen functional groups attached to an aromatic ring is 2. The highest BCUT2D eigenvalue weighted by atomic mass is 31.2. The number of hydrogen-bond donors (Lipinski definition) is 8. The highest BCUT2D eigenvalue weighted by molar-refractivity contribution is 7.46. The minimum atomic E-state index is -4.64. The van der Waals surface area contributed by atoms with Crippen molar-refractivity contribution in [1.29, 1.82) is 0 Å². The summed E-state index contributed by atoms with van der Waals surface area (Å²) in [5.74, 6) is 0.123. The Bertz CT molecular complexity index is 1270. The highest BCUT2D eigenvalue weighted by Gasteiger charge is 2.38. The van der Waals surface area contributed by atoms with Gasteiger partial charge in [0.25, 0.3) is 0 Å². The maximum absolute atomic E-state index is 11.6. The Balaban J connectivity index is 0.000000220. The monoisotopic (exact) mass is 614 g/mol. The Kier molecular flexibility index (Phi) is 10.3. The molecule has 22 heteroatoms. The van der Waals surface area contributed by atoms with E-state index in [1.54, 1.807) is 0 Å². The van der Waals surface area contributed by atoms with E-state index < -0.39 is 77.1 Å². The number of ether oxygens (including phenoxy) is 2. The van der Waals surface area contributed by atoms with Crippen LogP contribution < -0.4 is 22.8 Å². The van der Waals surface area contributed by atoms with Crippen molar-refractivity contribution < 1.29 is 57.4 Å². The molecule has 2 aliphatic rings. The van der Waals surface area contributed by atoms with Crippen LogP contribution >= 0.6 is 15.6 Å². The van der Waals surface area contributed by atoms with E-state index in [9.17, 15) is 28.9 Å². The van der Waals surface area contributed by atoms with Crippen LogP contribution in [-0.4, -0.2) is 86.5 Å². The summed E-state index contributed by atoms with van der Waals surface area (Å²) in [6.07, 6.45) is -2.64. The zero-order valence-electron chi connectivity index (χ0n) is 20.4. The zero-order chi connectivity index (χ0) is 29.8. The first-order valence-electron chi connectivity index (χ1n) is 11.3. The number of aromatic nitrogens is 4. The van der Waals surface area contributed by atoms with Crippen molar-refractivity contribution in [1.82, 2.24) is 19.1 Å². The van der Waals surface area contributed by atoms with Crippen LogP contribution in [0.2, 0.25) is 0 Å². The molecule has 0 aliphatic carbocycles. The number of aliphatic hydroxyl groups is 2. The summed E-state index contributed by atoms with van der Waals surface area (Å²) in [4.78, 5) is 64.6. The first-order valence-corrected chi connectivity index (χ1v) is 14.3. The molecule has 4 heterocycles. The molecule has 0 radical (unpaired) electrons. The van der Waals surface area contributed by atoms with Gasteiger partial charge in [0.15, 0.2) is 0 Å². The molecular formula is C18H28N6O14P2. The molecule has 4 rings (SSSR count). The van der Waals surface area contributed by atoms with E-state index in [0.29, 0.717) is 0 Å². The molecule has 6 atom stereocenters. The van der Waals surface area contributed by atoms with Gasteiger partial charge in [-0.05, 0) is 12.1 Å². The maximum Gasteiger partial charge on any atom is 0.469 e. The third kappa shape index (κ3) is 9.23. The third-order valence-corrected chi connectivity index (χ3v) is 6.52. The zero-order valence-corrected chi connectivity index (χ0v) is 22.2. The first kappa shape index (κ1) is 31.9. The van der Waals surface area contributed by atoms with Crippen molar-refractivity contribution >= 4 is 27.3 Å². The predicted molar refractivity (Wildman–Crippen MR) is 131 cm³/mol. The van der Waals surface area contributed by atoms with Gasteiger partial charge < -0.3 is 50.7 Å². The van der Waals surface area contributed by atoms with Crippen LogP contribution in [0.1, 0.15) is 25.3 Å². The second-order valence-electron chi connectivity index (χ2n) is 8.52. The van der Waals surface area contributed by atoms with E-state index in [1.165, 1.54) is 24.5 Å². The Morgan fingerprint density at radius 2 is 1.15 bits per heavy atom. The van der Waals surface area contributed by atoms with Crippen molar-refractivity contribution in [3.63, 3.8) is 0 Å². The molecule has 2 aromatic rings. The van der Waals surface area contributed by atoms with Crippen LogP contribution in [0.4, 0.5) is 11.6 Å². The average molecular weight is 614 g/mol. The van der Waals surface area contributed by atoms with Gasteiger partial charge in [0.1, 0.15) is 36.3 Å². The van der Waals surface area contributed by atoms with Crippen LogP contribution in [-0.2, 0) is 27.7 Å². The number of phosphoric ester groups is 2. The second kappa shape index (κ2) is 12.9. The number of nitrogens with two attached hydrogens (primary N) is 2. The van der Waals surface area contributed by atoms with Crippen LogP contribution in [0, 0.1) is 0 Å². The van der Waals surface area contributed by atoms with E-state index in [2.05, 4.69) is 19.0 Å². The molecule has 0 unspecified atom stereocenters. The summed E-state index contributed by atoms with van der Waals surface area (Å²) >= 11 is 0. The fourth-order valence-corrected chi connectivity index (χ4v) is 4.39. The van der Waals surface area contributed by atoms with Gasteiger partial charge in [-0.1, -0.05) is 0 Å². The molecule has 0 bridgehead atoms. The fourth-order valence-electron chi connectivity index (χ4n) is 3.70. The van der Waals surface area contributed by atoms with Gasteiger partial charge in [0.2, 0.25) is 0 Å². The lowest BCUT2D eigenvalue weighted by molar-refractivity contribution is -0.0450. The topological polar surface area (TPSA) is 314 Å². The molecule has 0 saturated carbocycles. The molecule has 0 amide bonds. The SMILES string of the molecule is Nc1ccn([C@H]2C[C@H](O)[C@@H](COP(=O)(O)O)O2)c(=O)n1.Nc1ccn([C@H]2C[C@H](O)[C@@H](COP(=O)(O)O)O2)c(=O)n1. The number of anilines is 2. The van der Waals surface area contributed by atoms with Gasteiger partial charge in [-0.3, -0.25) is 18.2 Å². The van der Waals surface area contributed by atoms with Crippen molar-refractivity contribution in [2.24, 2.45) is 0 Å². The Morgan fingerprint density at radius 3 is 1.45 bits per heavy atom. The number of nitrogens with zero attached hydrogens (tertiary/aromatic N) is 4. The fraction of sp³-hybridized carbons (Fsp3) is 0.556. The molecule has 2 saturated heterocycles. The summed E-state index contributed by atoms with van der Waals surface area (Å²) in [5, 5.41) is 19.5. The van der Waals surface area contributed by atoms with E-state index in [-0.39, 0.29) is 24.5 Å². The van der Waals surface area contributed by atoms with E-state index >= 15 is 0 Å². The minimum absolute atomic E-state index is 0.0613. The van der Waals surface area contributed by atoms with Crippen LogP contribution in [0.15, 0.2) is 34.1 Å².